The van der Waals surface area contributed by atoms with Crippen LogP contribution in [0, 0.1) is 35.0 Å². The van der Waals surface area contributed by atoms with Gasteiger partial charge in [0.25, 0.3) is 0 Å². The first-order valence-corrected chi connectivity index (χ1v) is 9.41. The molecule has 3 saturated carbocycles. The molecular weight excluding hydrogens is 290 g/mol. The number of hydrogen-bond donors (Lipinski definition) is 1. The van der Waals surface area contributed by atoms with Crippen LogP contribution in [0.15, 0.2) is 0 Å². The Balaban J connectivity index is 1.55. The third kappa shape index (κ3) is 2.40. The Kier molecular flexibility index (Phi) is 3.51. The minimum Gasteiger partial charge on any atom is -0.462 e. The number of hydrogen-bond acceptors (Lipinski definition) is 3. The average Bonchev–Trinajstić information content (AvgIpc) is 3.30. The van der Waals surface area contributed by atoms with Crippen LogP contribution < -0.4 is 5.32 Å². The zero-order valence-electron chi connectivity index (χ0n) is 14.5. The van der Waals surface area contributed by atoms with Crippen LogP contribution in [0.1, 0.15) is 59.3 Å². The number of ether oxygens (including phenoxy) is 1. The fraction of sp³-hybridized carbons (Fsp3) is 0.895. The van der Waals surface area contributed by atoms with E-state index in [0.717, 1.165) is 32.1 Å². The molecule has 1 aliphatic heterocycles. The Morgan fingerprint density at radius 3 is 2.57 bits per heavy atom. The molecule has 1 amide bonds. The van der Waals surface area contributed by atoms with Crippen LogP contribution in [0.5, 0.6) is 0 Å². The lowest BCUT2D eigenvalue weighted by Crippen LogP contribution is -2.57. The summed E-state index contributed by atoms with van der Waals surface area (Å²) in [5.74, 6) is 1.67. The van der Waals surface area contributed by atoms with E-state index in [4.69, 9.17) is 4.74 Å². The molecule has 23 heavy (non-hydrogen) atoms. The predicted octanol–water partition coefficient (Wildman–Crippen LogP) is 2.91. The summed E-state index contributed by atoms with van der Waals surface area (Å²) in [4.78, 5) is 24.3. The molecule has 0 radical (unpaired) electrons. The molecule has 4 nitrogen and oxygen atoms in total. The molecule has 3 aliphatic carbocycles. The second-order valence-corrected chi connectivity index (χ2v) is 8.86. The zero-order chi connectivity index (χ0) is 16.4. The van der Waals surface area contributed by atoms with Gasteiger partial charge in [-0.05, 0) is 49.9 Å². The van der Waals surface area contributed by atoms with Crippen molar-refractivity contribution in [1.82, 2.24) is 5.32 Å². The molecule has 4 fully saturated rings. The summed E-state index contributed by atoms with van der Waals surface area (Å²) < 4.78 is 5.84. The van der Waals surface area contributed by atoms with Gasteiger partial charge in [-0.3, -0.25) is 9.59 Å². The largest absolute Gasteiger partial charge is 0.462 e. The van der Waals surface area contributed by atoms with E-state index < -0.39 is 0 Å². The van der Waals surface area contributed by atoms with Crippen molar-refractivity contribution in [1.29, 1.82) is 0 Å². The minimum atomic E-state index is -0.0133. The molecule has 1 heterocycles. The molecule has 0 aromatic heterocycles. The molecule has 1 N–H and O–H groups in total. The highest BCUT2D eigenvalue weighted by atomic mass is 16.6. The van der Waals surface area contributed by atoms with Gasteiger partial charge in [0, 0.05) is 23.8 Å². The molecule has 0 bridgehead atoms. The molecule has 1 saturated heterocycles. The first-order chi connectivity index (χ1) is 10.9. The Bertz CT molecular complexity index is 529. The van der Waals surface area contributed by atoms with E-state index in [-0.39, 0.29) is 41.3 Å². The van der Waals surface area contributed by atoms with Crippen LogP contribution in [0.25, 0.3) is 0 Å². The van der Waals surface area contributed by atoms with Crippen molar-refractivity contribution in [3.8, 4) is 0 Å². The van der Waals surface area contributed by atoms with Gasteiger partial charge in [0.15, 0.2) is 0 Å². The van der Waals surface area contributed by atoms with Crippen LogP contribution in [0.4, 0.5) is 0 Å². The number of carbonyl (C=O) groups excluding carboxylic acids is 2. The van der Waals surface area contributed by atoms with E-state index in [0.29, 0.717) is 17.8 Å². The van der Waals surface area contributed by atoms with E-state index in [2.05, 4.69) is 19.2 Å². The van der Waals surface area contributed by atoms with Crippen molar-refractivity contribution in [3.05, 3.63) is 0 Å². The molecular formula is C19H29NO3. The monoisotopic (exact) mass is 319 g/mol. The first kappa shape index (κ1) is 15.5. The third-order valence-electron chi connectivity index (χ3n) is 7.40. The summed E-state index contributed by atoms with van der Waals surface area (Å²) in [6, 6.07) is 0.245. The van der Waals surface area contributed by atoms with Gasteiger partial charge in [-0.15, -0.1) is 0 Å². The standard InChI is InChI=1S/C19H29NO3/c1-10-13-6-8-19(3)9-7-14(20-17(21)12-4-5-12)11(2)15(19)16(13)23-18(10)22/h10-16H,4-9H2,1-3H3,(H,20,21). The normalized spacial score (nSPS) is 49.1. The van der Waals surface area contributed by atoms with Crippen molar-refractivity contribution in [2.24, 2.45) is 35.0 Å². The lowest BCUT2D eigenvalue weighted by Gasteiger charge is -2.54. The maximum atomic E-state index is 12.2. The topological polar surface area (TPSA) is 55.4 Å². The summed E-state index contributed by atoms with van der Waals surface area (Å²) in [5, 5.41) is 3.30. The molecule has 0 aromatic carbocycles. The van der Waals surface area contributed by atoms with Crippen LogP contribution >= 0.6 is 0 Å². The molecule has 4 rings (SSSR count). The zero-order valence-corrected chi connectivity index (χ0v) is 14.5. The van der Waals surface area contributed by atoms with E-state index >= 15 is 0 Å². The maximum Gasteiger partial charge on any atom is 0.309 e. The highest BCUT2D eigenvalue weighted by Crippen LogP contribution is 2.57. The fourth-order valence-corrected chi connectivity index (χ4v) is 5.68. The molecule has 128 valence electrons. The summed E-state index contributed by atoms with van der Waals surface area (Å²) in [7, 11) is 0. The SMILES string of the molecule is CC1C(=O)OC2C1CCC1(C)CCC(NC(=O)C3CC3)C(C)C21. The van der Waals surface area contributed by atoms with Crippen molar-refractivity contribution < 1.29 is 14.3 Å². The number of rotatable bonds is 2. The summed E-state index contributed by atoms with van der Waals surface area (Å²) in [6.45, 7) is 6.66. The average molecular weight is 319 g/mol. The second kappa shape index (κ2) is 5.22. The van der Waals surface area contributed by atoms with E-state index in [1.807, 2.05) is 6.92 Å². The first-order valence-electron chi connectivity index (χ1n) is 9.41. The van der Waals surface area contributed by atoms with Crippen molar-refractivity contribution >= 4 is 11.9 Å². The number of amides is 1. The molecule has 0 spiro atoms. The van der Waals surface area contributed by atoms with Crippen molar-refractivity contribution in [2.75, 3.05) is 0 Å². The van der Waals surface area contributed by atoms with Gasteiger partial charge in [-0.25, -0.2) is 0 Å². The van der Waals surface area contributed by atoms with Gasteiger partial charge in [0.2, 0.25) is 5.91 Å². The minimum absolute atomic E-state index is 0.0133. The summed E-state index contributed by atoms with van der Waals surface area (Å²) in [6.07, 6.45) is 6.65. The van der Waals surface area contributed by atoms with Crippen molar-refractivity contribution in [2.45, 2.75) is 71.4 Å². The number of carbonyl (C=O) groups is 2. The molecule has 4 heteroatoms. The molecule has 7 atom stereocenters. The van der Waals surface area contributed by atoms with Gasteiger partial charge in [0.05, 0.1) is 5.92 Å². The van der Waals surface area contributed by atoms with Gasteiger partial charge in [-0.2, -0.15) is 0 Å². The molecule has 7 unspecified atom stereocenters. The summed E-state index contributed by atoms with van der Waals surface area (Å²) >= 11 is 0. The second-order valence-electron chi connectivity index (χ2n) is 8.86. The molecule has 0 aromatic rings. The fourth-order valence-electron chi connectivity index (χ4n) is 5.68. The van der Waals surface area contributed by atoms with Gasteiger partial charge in [-0.1, -0.05) is 20.8 Å². The maximum absolute atomic E-state index is 12.2. The summed E-state index contributed by atoms with van der Waals surface area (Å²) in [5.41, 5.74) is 0.256. The Hall–Kier alpha value is -1.06. The number of nitrogens with one attached hydrogen (secondary N) is 1. The third-order valence-corrected chi connectivity index (χ3v) is 7.40. The quantitative estimate of drug-likeness (QED) is 0.796. The predicted molar refractivity (Wildman–Crippen MR) is 86.4 cm³/mol. The van der Waals surface area contributed by atoms with E-state index in [1.165, 1.54) is 6.42 Å². The van der Waals surface area contributed by atoms with Crippen LogP contribution in [0.3, 0.4) is 0 Å². The van der Waals surface area contributed by atoms with Gasteiger partial charge < -0.3 is 10.1 Å². The number of esters is 1. The Labute approximate surface area is 138 Å². The van der Waals surface area contributed by atoms with Crippen LogP contribution in [0.2, 0.25) is 0 Å². The Morgan fingerprint density at radius 2 is 1.87 bits per heavy atom. The lowest BCUT2D eigenvalue weighted by atomic mass is 9.52. The Morgan fingerprint density at radius 1 is 1.17 bits per heavy atom. The van der Waals surface area contributed by atoms with E-state index in [1.54, 1.807) is 0 Å². The molecule has 4 aliphatic rings. The highest BCUT2D eigenvalue weighted by Gasteiger charge is 2.58. The van der Waals surface area contributed by atoms with Crippen molar-refractivity contribution in [3.63, 3.8) is 0 Å². The van der Waals surface area contributed by atoms with Crippen LogP contribution in [-0.4, -0.2) is 24.0 Å². The number of fused-ring (bicyclic) bond motifs is 3. The van der Waals surface area contributed by atoms with E-state index in [9.17, 15) is 9.59 Å². The van der Waals surface area contributed by atoms with Gasteiger partial charge in [0.1, 0.15) is 6.10 Å². The lowest BCUT2D eigenvalue weighted by molar-refractivity contribution is -0.154. The van der Waals surface area contributed by atoms with Gasteiger partial charge >= 0.3 is 5.97 Å². The highest BCUT2D eigenvalue weighted by molar-refractivity contribution is 5.81. The smallest absolute Gasteiger partial charge is 0.309 e. The van der Waals surface area contributed by atoms with Crippen LogP contribution in [-0.2, 0) is 14.3 Å².